The number of carbonyl (C=O) groups is 2. The molecular formula is C21H30N6O2. The van der Waals surface area contributed by atoms with E-state index in [-0.39, 0.29) is 23.8 Å². The van der Waals surface area contributed by atoms with Gasteiger partial charge in [0.05, 0.1) is 23.1 Å². The SMILES string of the molecule is Cc1cccc(NC(=O)C2CCN([C@H](C)C(=O)Nc3c(C)nn(C)c3C)CC2)n1. The fourth-order valence-corrected chi connectivity index (χ4v) is 3.74. The number of likely N-dealkylation sites (tertiary alicyclic amines) is 1. The molecule has 8 nitrogen and oxygen atoms in total. The van der Waals surface area contributed by atoms with Gasteiger partial charge in [0.2, 0.25) is 11.8 Å². The van der Waals surface area contributed by atoms with E-state index in [9.17, 15) is 9.59 Å². The number of aromatic nitrogens is 3. The lowest BCUT2D eigenvalue weighted by Gasteiger charge is -2.34. The minimum atomic E-state index is -0.267. The molecule has 0 bridgehead atoms. The van der Waals surface area contributed by atoms with E-state index in [1.807, 2.05) is 46.9 Å². The molecule has 3 heterocycles. The standard InChI is InChI=1S/C21H30N6O2/c1-13-7-6-8-18(22-13)23-21(29)17-9-11-27(12-10-17)16(4)20(28)24-19-14(2)25-26(5)15(19)3/h6-8,16-17H,9-12H2,1-5H3,(H,24,28)(H,22,23,29)/t16-/m1/s1. The molecule has 0 aromatic carbocycles. The van der Waals surface area contributed by atoms with Gasteiger partial charge in [0, 0.05) is 18.7 Å². The monoisotopic (exact) mass is 398 g/mol. The molecule has 1 fully saturated rings. The average molecular weight is 399 g/mol. The number of amides is 2. The molecule has 0 spiro atoms. The van der Waals surface area contributed by atoms with Crippen LogP contribution in [-0.4, -0.2) is 50.6 Å². The summed E-state index contributed by atoms with van der Waals surface area (Å²) in [5.41, 5.74) is 3.40. The molecule has 1 aliphatic rings. The second-order valence-corrected chi connectivity index (χ2v) is 7.80. The lowest BCUT2D eigenvalue weighted by Crippen LogP contribution is -2.47. The van der Waals surface area contributed by atoms with Crippen LogP contribution in [0.1, 0.15) is 36.8 Å². The molecule has 0 aliphatic carbocycles. The lowest BCUT2D eigenvalue weighted by molar-refractivity contribution is -0.123. The second kappa shape index (κ2) is 8.73. The van der Waals surface area contributed by atoms with E-state index in [4.69, 9.17) is 0 Å². The van der Waals surface area contributed by atoms with Crippen molar-refractivity contribution in [1.29, 1.82) is 0 Å². The van der Waals surface area contributed by atoms with Gasteiger partial charge < -0.3 is 10.6 Å². The highest BCUT2D eigenvalue weighted by atomic mass is 16.2. The fourth-order valence-electron chi connectivity index (χ4n) is 3.74. The molecular weight excluding hydrogens is 368 g/mol. The Morgan fingerprint density at radius 2 is 1.83 bits per heavy atom. The van der Waals surface area contributed by atoms with Crippen molar-refractivity contribution in [1.82, 2.24) is 19.7 Å². The summed E-state index contributed by atoms with van der Waals surface area (Å²) in [4.78, 5) is 31.7. The van der Waals surface area contributed by atoms with E-state index in [1.54, 1.807) is 10.7 Å². The van der Waals surface area contributed by atoms with Crippen molar-refractivity contribution in [2.45, 2.75) is 46.6 Å². The molecule has 1 atom stereocenters. The fraction of sp³-hybridized carbons (Fsp3) is 0.524. The number of anilines is 2. The molecule has 2 amide bonds. The van der Waals surface area contributed by atoms with E-state index < -0.39 is 0 Å². The van der Waals surface area contributed by atoms with Gasteiger partial charge in [-0.2, -0.15) is 5.10 Å². The summed E-state index contributed by atoms with van der Waals surface area (Å²) in [6.45, 7) is 9.05. The smallest absolute Gasteiger partial charge is 0.241 e. The maximum atomic E-state index is 12.7. The molecule has 29 heavy (non-hydrogen) atoms. The van der Waals surface area contributed by atoms with Gasteiger partial charge in [-0.15, -0.1) is 0 Å². The van der Waals surface area contributed by atoms with Crippen LogP contribution in [-0.2, 0) is 16.6 Å². The first-order valence-corrected chi connectivity index (χ1v) is 10.1. The normalized spacial score (nSPS) is 16.4. The number of nitrogens with one attached hydrogen (secondary N) is 2. The Labute approximate surface area is 171 Å². The Morgan fingerprint density at radius 3 is 2.41 bits per heavy atom. The Hall–Kier alpha value is -2.74. The van der Waals surface area contributed by atoms with Crippen LogP contribution in [0.15, 0.2) is 18.2 Å². The molecule has 8 heteroatoms. The number of hydrogen-bond acceptors (Lipinski definition) is 5. The van der Waals surface area contributed by atoms with Gasteiger partial charge >= 0.3 is 0 Å². The molecule has 2 N–H and O–H groups in total. The lowest BCUT2D eigenvalue weighted by atomic mass is 9.95. The Bertz CT molecular complexity index is 899. The van der Waals surface area contributed by atoms with Gasteiger partial charge in [-0.1, -0.05) is 6.07 Å². The first kappa shape index (κ1) is 21.0. The average Bonchev–Trinajstić information content (AvgIpc) is 2.93. The van der Waals surface area contributed by atoms with Crippen LogP contribution in [0, 0.1) is 26.7 Å². The number of rotatable bonds is 5. The number of aryl methyl sites for hydroxylation is 3. The van der Waals surface area contributed by atoms with Gasteiger partial charge in [-0.05, 0) is 65.8 Å². The van der Waals surface area contributed by atoms with Gasteiger partial charge in [0.1, 0.15) is 5.82 Å². The van der Waals surface area contributed by atoms with E-state index in [1.165, 1.54) is 0 Å². The van der Waals surface area contributed by atoms with Gasteiger partial charge in [0.25, 0.3) is 0 Å². The van der Waals surface area contributed by atoms with E-state index in [0.717, 1.165) is 35.6 Å². The number of hydrogen-bond donors (Lipinski definition) is 2. The number of piperidine rings is 1. The summed E-state index contributed by atoms with van der Waals surface area (Å²) in [6.07, 6.45) is 1.44. The number of pyridine rings is 1. The summed E-state index contributed by atoms with van der Waals surface area (Å²) in [5.74, 6) is 0.483. The molecule has 0 unspecified atom stereocenters. The predicted molar refractivity (Wildman–Crippen MR) is 113 cm³/mol. The van der Waals surface area contributed by atoms with Crippen molar-refractivity contribution in [3.05, 3.63) is 35.3 Å². The highest BCUT2D eigenvalue weighted by molar-refractivity contribution is 5.95. The third kappa shape index (κ3) is 4.82. The highest BCUT2D eigenvalue weighted by Gasteiger charge is 2.30. The zero-order valence-electron chi connectivity index (χ0n) is 17.8. The summed E-state index contributed by atoms with van der Waals surface area (Å²) in [5, 5.41) is 10.3. The first-order valence-electron chi connectivity index (χ1n) is 10.1. The minimum absolute atomic E-state index is 0.00136. The predicted octanol–water partition coefficient (Wildman–Crippen LogP) is 2.42. The molecule has 0 radical (unpaired) electrons. The Morgan fingerprint density at radius 1 is 1.14 bits per heavy atom. The van der Waals surface area contributed by atoms with Crippen LogP contribution >= 0.6 is 0 Å². The summed E-state index contributed by atoms with van der Waals surface area (Å²) in [6, 6.07) is 5.31. The maximum Gasteiger partial charge on any atom is 0.241 e. The molecule has 2 aromatic rings. The largest absolute Gasteiger partial charge is 0.322 e. The molecule has 1 saturated heterocycles. The van der Waals surface area contributed by atoms with Crippen molar-refractivity contribution >= 4 is 23.3 Å². The van der Waals surface area contributed by atoms with Crippen LogP contribution in [0.5, 0.6) is 0 Å². The molecule has 0 saturated carbocycles. The van der Waals surface area contributed by atoms with E-state index in [2.05, 4.69) is 25.6 Å². The van der Waals surface area contributed by atoms with Crippen molar-refractivity contribution in [3.63, 3.8) is 0 Å². The third-order valence-electron chi connectivity index (χ3n) is 5.72. The number of nitrogens with zero attached hydrogens (tertiary/aromatic N) is 4. The summed E-state index contributed by atoms with van der Waals surface area (Å²) < 4.78 is 1.77. The number of carbonyl (C=O) groups excluding carboxylic acids is 2. The van der Waals surface area contributed by atoms with Crippen molar-refractivity contribution in [3.8, 4) is 0 Å². The van der Waals surface area contributed by atoms with Crippen LogP contribution in [0.25, 0.3) is 0 Å². The first-order chi connectivity index (χ1) is 13.8. The van der Waals surface area contributed by atoms with E-state index in [0.29, 0.717) is 18.9 Å². The zero-order chi connectivity index (χ0) is 21.1. The molecule has 2 aromatic heterocycles. The van der Waals surface area contributed by atoms with Gasteiger partial charge in [0.15, 0.2) is 0 Å². The molecule has 1 aliphatic heterocycles. The van der Waals surface area contributed by atoms with Crippen LogP contribution in [0.3, 0.4) is 0 Å². The topological polar surface area (TPSA) is 92.2 Å². The summed E-state index contributed by atoms with van der Waals surface area (Å²) in [7, 11) is 1.86. The zero-order valence-corrected chi connectivity index (χ0v) is 17.8. The summed E-state index contributed by atoms with van der Waals surface area (Å²) >= 11 is 0. The molecule has 156 valence electrons. The van der Waals surface area contributed by atoms with Crippen LogP contribution in [0.2, 0.25) is 0 Å². The van der Waals surface area contributed by atoms with Gasteiger partial charge in [-0.25, -0.2) is 4.98 Å². The quantitative estimate of drug-likeness (QED) is 0.807. The van der Waals surface area contributed by atoms with Crippen molar-refractivity contribution in [2.75, 3.05) is 23.7 Å². The minimum Gasteiger partial charge on any atom is -0.322 e. The van der Waals surface area contributed by atoms with Crippen molar-refractivity contribution < 1.29 is 9.59 Å². The van der Waals surface area contributed by atoms with Gasteiger partial charge in [-0.3, -0.25) is 19.2 Å². The second-order valence-electron chi connectivity index (χ2n) is 7.80. The van der Waals surface area contributed by atoms with E-state index >= 15 is 0 Å². The van der Waals surface area contributed by atoms with Crippen molar-refractivity contribution in [2.24, 2.45) is 13.0 Å². The highest BCUT2D eigenvalue weighted by Crippen LogP contribution is 2.23. The maximum absolute atomic E-state index is 12.7. The van der Waals surface area contributed by atoms with Crippen LogP contribution in [0.4, 0.5) is 11.5 Å². The Balaban J connectivity index is 1.53. The molecule has 3 rings (SSSR count). The third-order valence-corrected chi connectivity index (χ3v) is 5.72. The van der Waals surface area contributed by atoms with Crippen LogP contribution < -0.4 is 10.6 Å². The Kier molecular flexibility index (Phi) is 6.32.